The quantitative estimate of drug-likeness (QED) is 0.559. The second-order valence-corrected chi connectivity index (χ2v) is 8.19. The summed E-state index contributed by atoms with van der Waals surface area (Å²) in [6, 6.07) is 14.4. The number of nitrogens with zero attached hydrogens (tertiary/aromatic N) is 2. The molecule has 2 aliphatic rings. The predicted molar refractivity (Wildman–Crippen MR) is 120 cm³/mol. The highest BCUT2D eigenvalue weighted by Crippen LogP contribution is 2.39. The summed E-state index contributed by atoms with van der Waals surface area (Å²) in [5.41, 5.74) is 1.15. The molecule has 3 aromatic rings. The summed E-state index contributed by atoms with van der Waals surface area (Å²) in [6.45, 7) is 3.70. The normalized spacial score (nSPS) is 19.6. The van der Waals surface area contributed by atoms with Gasteiger partial charge in [-0.25, -0.2) is 0 Å². The molecule has 0 radical (unpaired) electrons. The molecule has 0 spiro atoms. The van der Waals surface area contributed by atoms with Crippen molar-refractivity contribution in [2.45, 2.75) is 6.04 Å². The van der Waals surface area contributed by atoms with Crippen LogP contribution in [0.5, 0.6) is 5.75 Å². The van der Waals surface area contributed by atoms with Crippen LogP contribution in [0.25, 0.3) is 11.0 Å². The van der Waals surface area contributed by atoms with E-state index >= 15 is 0 Å². The lowest BCUT2D eigenvalue weighted by molar-refractivity contribution is -0.129. The number of hydrogen-bond donors (Lipinski definition) is 2. The topological polar surface area (TPSA) is 103 Å². The van der Waals surface area contributed by atoms with Crippen LogP contribution in [0.3, 0.4) is 0 Å². The lowest BCUT2D eigenvalue weighted by Crippen LogP contribution is -2.43. The number of rotatable bonds is 6. The number of morpholine rings is 1. The van der Waals surface area contributed by atoms with Gasteiger partial charge in [0.25, 0.3) is 5.91 Å². The van der Waals surface area contributed by atoms with E-state index < -0.39 is 23.5 Å². The molecular formula is C25H24N2O6. The van der Waals surface area contributed by atoms with E-state index in [1.807, 2.05) is 18.2 Å². The number of para-hydroxylation sites is 1. The highest BCUT2D eigenvalue weighted by atomic mass is 16.5. The van der Waals surface area contributed by atoms with Crippen LogP contribution in [0.2, 0.25) is 0 Å². The molecule has 1 aromatic heterocycles. The van der Waals surface area contributed by atoms with Crippen molar-refractivity contribution in [2.24, 2.45) is 0 Å². The first kappa shape index (κ1) is 21.2. The molecule has 1 fully saturated rings. The Morgan fingerprint density at radius 1 is 1.00 bits per heavy atom. The monoisotopic (exact) mass is 448 g/mol. The molecule has 0 aliphatic carbocycles. The molecule has 1 amide bonds. The van der Waals surface area contributed by atoms with E-state index in [4.69, 9.17) is 9.15 Å². The number of phenolic OH excluding ortho intramolecular Hbond substituents is 1. The molecule has 2 aromatic carbocycles. The molecule has 8 heteroatoms. The van der Waals surface area contributed by atoms with Crippen LogP contribution >= 0.6 is 0 Å². The zero-order valence-electron chi connectivity index (χ0n) is 17.9. The number of fused-ring (bicyclic) bond motifs is 1. The van der Waals surface area contributed by atoms with Crippen molar-refractivity contribution in [3.05, 3.63) is 77.3 Å². The van der Waals surface area contributed by atoms with Crippen LogP contribution in [0, 0.1) is 0 Å². The van der Waals surface area contributed by atoms with Crippen molar-refractivity contribution < 1.29 is 29.0 Å². The zero-order valence-corrected chi connectivity index (χ0v) is 17.9. The Bertz CT molecular complexity index is 1190. The third-order valence-electron chi connectivity index (χ3n) is 6.17. The Balaban J connectivity index is 1.50. The maximum absolute atomic E-state index is 13.5. The molecule has 1 saturated heterocycles. The number of amides is 1. The van der Waals surface area contributed by atoms with E-state index in [-0.39, 0.29) is 17.1 Å². The molecule has 33 heavy (non-hydrogen) atoms. The van der Waals surface area contributed by atoms with Crippen molar-refractivity contribution in [1.29, 1.82) is 0 Å². The second-order valence-electron chi connectivity index (χ2n) is 8.19. The summed E-state index contributed by atoms with van der Waals surface area (Å²) in [5, 5.41) is 21.3. The standard InChI is InChI=1S/C25H24N2O6/c28-18-7-5-16(6-8-18)22-21(23(29)20-15-17-3-1-2-4-19(17)33-20)24(30)25(31)27(22)10-9-26-11-13-32-14-12-26/h1-8,15,22,28,30H,9-14H2. The van der Waals surface area contributed by atoms with Crippen LogP contribution in [-0.2, 0) is 9.53 Å². The van der Waals surface area contributed by atoms with Crippen LogP contribution in [0.1, 0.15) is 22.2 Å². The lowest BCUT2D eigenvalue weighted by Gasteiger charge is -2.31. The SMILES string of the molecule is O=C(C1=C(O)C(=O)N(CCN2CCOCC2)C1c1ccc(O)cc1)c1cc2ccccc2o1. The molecule has 1 atom stereocenters. The molecule has 1 unspecified atom stereocenters. The van der Waals surface area contributed by atoms with Gasteiger partial charge in [-0.3, -0.25) is 14.5 Å². The number of phenols is 1. The van der Waals surface area contributed by atoms with Crippen LogP contribution in [0.15, 0.2) is 70.3 Å². The van der Waals surface area contributed by atoms with Gasteiger partial charge in [-0.2, -0.15) is 0 Å². The molecule has 8 nitrogen and oxygen atoms in total. The van der Waals surface area contributed by atoms with Gasteiger partial charge in [0.1, 0.15) is 11.3 Å². The van der Waals surface area contributed by atoms with Gasteiger partial charge in [0.15, 0.2) is 11.5 Å². The molecule has 2 aliphatic heterocycles. The van der Waals surface area contributed by atoms with E-state index in [0.29, 0.717) is 37.4 Å². The van der Waals surface area contributed by atoms with Crippen LogP contribution in [-0.4, -0.2) is 71.1 Å². The fraction of sp³-hybridized carbons (Fsp3) is 0.280. The number of hydrogen-bond acceptors (Lipinski definition) is 7. The minimum Gasteiger partial charge on any atom is -0.508 e. The van der Waals surface area contributed by atoms with E-state index in [2.05, 4.69) is 4.90 Å². The number of carbonyl (C=O) groups is 2. The van der Waals surface area contributed by atoms with E-state index in [9.17, 15) is 19.8 Å². The summed E-state index contributed by atoms with van der Waals surface area (Å²) in [6.07, 6.45) is 0. The number of Topliss-reactive ketones (excluding diaryl/α,β-unsaturated/α-hetero) is 1. The largest absolute Gasteiger partial charge is 0.508 e. The van der Waals surface area contributed by atoms with Gasteiger partial charge in [-0.15, -0.1) is 0 Å². The molecule has 170 valence electrons. The third kappa shape index (κ3) is 3.99. The number of aromatic hydroxyl groups is 1. The lowest BCUT2D eigenvalue weighted by atomic mass is 9.95. The van der Waals surface area contributed by atoms with Gasteiger partial charge < -0.3 is 24.3 Å². The summed E-state index contributed by atoms with van der Waals surface area (Å²) in [4.78, 5) is 30.3. The van der Waals surface area contributed by atoms with Crippen molar-refractivity contribution in [3.8, 4) is 5.75 Å². The summed E-state index contributed by atoms with van der Waals surface area (Å²) in [7, 11) is 0. The number of ether oxygens (including phenoxy) is 1. The molecular weight excluding hydrogens is 424 g/mol. The number of carbonyl (C=O) groups excluding carboxylic acids is 2. The smallest absolute Gasteiger partial charge is 0.290 e. The van der Waals surface area contributed by atoms with Crippen molar-refractivity contribution in [2.75, 3.05) is 39.4 Å². The summed E-state index contributed by atoms with van der Waals surface area (Å²) < 4.78 is 11.1. The van der Waals surface area contributed by atoms with Gasteiger partial charge in [0.2, 0.25) is 5.78 Å². The number of ketones is 1. The van der Waals surface area contributed by atoms with Gasteiger partial charge in [-0.05, 0) is 29.8 Å². The number of aliphatic hydroxyl groups is 1. The van der Waals surface area contributed by atoms with Crippen LogP contribution < -0.4 is 0 Å². The number of benzene rings is 2. The maximum atomic E-state index is 13.5. The van der Waals surface area contributed by atoms with E-state index in [1.54, 1.807) is 24.3 Å². The van der Waals surface area contributed by atoms with Crippen LogP contribution in [0.4, 0.5) is 0 Å². The maximum Gasteiger partial charge on any atom is 0.290 e. The Kier molecular flexibility index (Phi) is 5.62. The molecule has 5 rings (SSSR count). The highest BCUT2D eigenvalue weighted by molar-refractivity contribution is 6.16. The van der Waals surface area contributed by atoms with Gasteiger partial charge in [0.05, 0.1) is 24.8 Å². The fourth-order valence-electron chi connectivity index (χ4n) is 4.42. The van der Waals surface area contributed by atoms with Crippen molar-refractivity contribution in [1.82, 2.24) is 9.80 Å². The van der Waals surface area contributed by atoms with E-state index in [1.165, 1.54) is 17.0 Å². The second kappa shape index (κ2) is 8.73. The minimum absolute atomic E-state index is 0.0216. The molecule has 0 saturated carbocycles. The average Bonchev–Trinajstić information content (AvgIpc) is 3.38. The fourth-order valence-corrected chi connectivity index (χ4v) is 4.42. The third-order valence-corrected chi connectivity index (χ3v) is 6.17. The van der Waals surface area contributed by atoms with Gasteiger partial charge >= 0.3 is 0 Å². The first-order valence-electron chi connectivity index (χ1n) is 10.9. The summed E-state index contributed by atoms with van der Waals surface area (Å²) in [5.74, 6) is -1.57. The molecule has 2 N–H and O–H groups in total. The average molecular weight is 448 g/mol. The Morgan fingerprint density at radius 2 is 1.73 bits per heavy atom. The molecule has 0 bridgehead atoms. The Morgan fingerprint density at radius 3 is 2.45 bits per heavy atom. The summed E-state index contributed by atoms with van der Waals surface area (Å²) >= 11 is 0. The Hall–Kier alpha value is -3.62. The first-order valence-corrected chi connectivity index (χ1v) is 10.9. The zero-order chi connectivity index (χ0) is 22.9. The highest BCUT2D eigenvalue weighted by Gasteiger charge is 2.44. The van der Waals surface area contributed by atoms with Crippen molar-refractivity contribution in [3.63, 3.8) is 0 Å². The van der Waals surface area contributed by atoms with Gasteiger partial charge in [-0.1, -0.05) is 30.3 Å². The number of aliphatic hydroxyl groups excluding tert-OH is 1. The van der Waals surface area contributed by atoms with Gasteiger partial charge in [0, 0.05) is 31.6 Å². The first-order chi connectivity index (χ1) is 16.0. The van der Waals surface area contributed by atoms with E-state index in [0.717, 1.165) is 18.5 Å². The molecule has 3 heterocycles. The number of furan rings is 1. The Labute approximate surface area is 190 Å². The van der Waals surface area contributed by atoms with Crippen molar-refractivity contribution >= 4 is 22.7 Å². The predicted octanol–water partition coefficient (Wildman–Crippen LogP) is 3.05. The minimum atomic E-state index is -0.792.